The van der Waals surface area contributed by atoms with Gasteiger partial charge in [-0.3, -0.25) is 0 Å². The summed E-state index contributed by atoms with van der Waals surface area (Å²) < 4.78 is 5.73. The van der Waals surface area contributed by atoms with E-state index in [-0.39, 0.29) is 12.1 Å². The maximum Gasteiger partial charge on any atom is 0.322 e. The quantitative estimate of drug-likeness (QED) is 0.764. The molecule has 1 saturated heterocycles. The largest absolute Gasteiger partial charge is 0.376 e. The molecule has 2 heterocycles. The van der Waals surface area contributed by atoms with E-state index in [0.717, 1.165) is 38.0 Å². The van der Waals surface area contributed by atoms with Crippen LogP contribution in [-0.2, 0) is 17.7 Å². The van der Waals surface area contributed by atoms with Gasteiger partial charge >= 0.3 is 6.03 Å². The highest BCUT2D eigenvalue weighted by molar-refractivity contribution is 7.09. The van der Waals surface area contributed by atoms with Crippen LogP contribution in [-0.4, -0.2) is 30.2 Å². The predicted molar refractivity (Wildman–Crippen MR) is 103 cm³/mol. The third-order valence-corrected chi connectivity index (χ3v) is 5.27. The summed E-state index contributed by atoms with van der Waals surface area (Å²) >= 11 is 1.68. The van der Waals surface area contributed by atoms with Gasteiger partial charge in [-0.1, -0.05) is 31.5 Å². The molecule has 0 radical (unpaired) electrons. The molecule has 1 aliphatic rings. The zero-order chi connectivity index (χ0) is 17.5. The summed E-state index contributed by atoms with van der Waals surface area (Å²) in [5, 5.41) is 5.08. The number of carbonyl (C=O) groups is 1. The van der Waals surface area contributed by atoms with Gasteiger partial charge in [0.25, 0.3) is 0 Å². The van der Waals surface area contributed by atoms with Gasteiger partial charge in [-0.15, -0.1) is 11.3 Å². The predicted octanol–water partition coefficient (Wildman–Crippen LogP) is 4.91. The number of amides is 2. The van der Waals surface area contributed by atoms with Gasteiger partial charge < -0.3 is 15.0 Å². The van der Waals surface area contributed by atoms with E-state index < -0.39 is 0 Å². The highest BCUT2D eigenvalue weighted by Crippen LogP contribution is 2.19. The van der Waals surface area contributed by atoms with Crippen LogP contribution < -0.4 is 5.32 Å². The number of thiophene rings is 1. The summed E-state index contributed by atoms with van der Waals surface area (Å²) in [5.74, 6) is 0. The molecule has 0 aliphatic carbocycles. The third-order valence-electron chi connectivity index (χ3n) is 4.41. The summed E-state index contributed by atoms with van der Waals surface area (Å²) in [6.45, 7) is 4.23. The molecule has 1 aromatic heterocycles. The first-order valence-corrected chi connectivity index (χ1v) is 9.91. The standard InChI is InChI=1S/C20H26N2O2S/c1-2-5-16-8-10-17(11-9-16)21-20(23)22(14-18-6-3-12-24-18)15-19-7-4-13-25-19/h4,7-11,13,18H,2-3,5-6,12,14-15H2,1H3,(H,21,23). The fourth-order valence-electron chi connectivity index (χ4n) is 3.09. The number of anilines is 1. The van der Waals surface area contributed by atoms with Crippen LogP contribution >= 0.6 is 11.3 Å². The monoisotopic (exact) mass is 358 g/mol. The normalized spacial score (nSPS) is 16.8. The van der Waals surface area contributed by atoms with Gasteiger partial charge in [0.1, 0.15) is 0 Å². The van der Waals surface area contributed by atoms with E-state index in [1.54, 1.807) is 11.3 Å². The average Bonchev–Trinajstić information content (AvgIpc) is 3.30. The van der Waals surface area contributed by atoms with Crippen LogP contribution in [0.1, 0.15) is 36.6 Å². The molecule has 5 heteroatoms. The highest BCUT2D eigenvalue weighted by atomic mass is 32.1. The van der Waals surface area contributed by atoms with Crippen LogP contribution in [0.4, 0.5) is 10.5 Å². The summed E-state index contributed by atoms with van der Waals surface area (Å²) in [7, 11) is 0. The van der Waals surface area contributed by atoms with Crippen LogP contribution in [0.2, 0.25) is 0 Å². The van der Waals surface area contributed by atoms with Crippen LogP contribution in [0.5, 0.6) is 0 Å². The Balaban J connectivity index is 1.64. The van der Waals surface area contributed by atoms with Crippen molar-refractivity contribution in [2.24, 2.45) is 0 Å². The fraction of sp³-hybridized carbons (Fsp3) is 0.450. The molecule has 1 fully saturated rings. The fourth-order valence-corrected chi connectivity index (χ4v) is 3.81. The van der Waals surface area contributed by atoms with E-state index in [4.69, 9.17) is 4.74 Å². The molecule has 1 atom stereocenters. The van der Waals surface area contributed by atoms with Crippen LogP contribution in [0.15, 0.2) is 41.8 Å². The smallest absolute Gasteiger partial charge is 0.322 e. The van der Waals surface area contributed by atoms with Gasteiger partial charge in [0.2, 0.25) is 0 Å². The molecule has 0 bridgehead atoms. The van der Waals surface area contributed by atoms with Gasteiger partial charge in [0.15, 0.2) is 0 Å². The molecule has 2 amide bonds. The van der Waals surface area contributed by atoms with E-state index in [2.05, 4.69) is 30.4 Å². The van der Waals surface area contributed by atoms with Gasteiger partial charge in [0, 0.05) is 23.7 Å². The van der Waals surface area contributed by atoms with E-state index in [9.17, 15) is 4.79 Å². The summed E-state index contributed by atoms with van der Waals surface area (Å²) in [5.41, 5.74) is 2.14. The lowest BCUT2D eigenvalue weighted by atomic mass is 10.1. The SMILES string of the molecule is CCCc1ccc(NC(=O)N(Cc2cccs2)CC2CCCO2)cc1. The van der Waals surface area contributed by atoms with Crippen LogP contribution in [0.25, 0.3) is 0 Å². The average molecular weight is 359 g/mol. The van der Waals surface area contributed by atoms with E-state index >= 15 is 0 Å². The van der Waals surface area contributed by atoms with Gasteiger partial charge in [-0.25, -0.2) is 4.79 Å². The molecule has 2 aromatic rings. The van der Waals surface area contributed by atoms with E-state index in [1.165, 1.54) is 10.4 Å². The molecule has 1 aliphatic heterocycles. The number of hydrogen-bond donors (Lipinski definition) is 1. The topological polar surface area (TPSA) is 41.6 Å². The number of hydrogen-bond acceptors (Lipinski definition) is 3. The van der Waals surface area contributed by atoms with Gasteiger partial charge in [0.05, 0.1) is 12.6 Å². The van der Waals surface area contributed by atoms with Crippen LogP contribution in [0, 0.1) is 0 Å². The second kappa shape index (κ2) is 9.02. The van der Waals surface area contributed by atoms with Gasteiger partial charge in [-0.2, -0.15) is 0 Å². The number of urea groups is 1. The molecular weight excluding hydrogens is 332 g/mol. The number of benzene rings is 1. The second-order valence-electron chi connectivity index (χ2n) is 6.47. The molecular formula is C20H26N2O2S. The molecule has 1 aromatic carbocycles. The Hall–Kier alpha value is -1.85. The minimum Gasteiger partial charge on any atom is -0.376 e. The van der Waals surface area contributed by atoms with E-state index in [1.807, 2.05) is 28.5 Å². The Bertz CT molecular complexity index is 649. The molecule has 1 unspecified atom stereocenters. The van der Waals surface area contributed by atoms with Crippen molar-refractivity contribution in [2.45, 2.75) is 45.3 Å². The van der Waals surface area contributed by atoms with Crippen molar-refractivity contribution < 1.29 is 9.53 Å². The van der Waals surface area contributed by atoms with E-state index in [0.29, 0.717) is 13.1 Å². The van der Waals surface area contributed by atoms with Crippen molar-refractivity contribution in [1.82, 2.24) is 4.90 Å². The molecule has 25 heavy (non-hydrogen) atoms. The summed E-state index contributed by atoms with van der Waals surface area (Å²) in [6.07, 6.45) is 4.45. The minimum atomic E-state index is -0.0628. The number of nitrogens with one attached hydrogen (secondary N) is 1. The highest BCUT2D eigenvalue weighted by Gasteiger charge is 2.23. The lowest BCUT2D eigenvalue weighted by Crippen LogP contribution is -2.39. The van der Waals surface area contributed by atoms with Gasteiger partial charge in [-0.05, 0) is 48.4 Å². The Labute approximate surface area is 153 Å². The minimum absolute atomic E-state index is 0.0628. The third kappa shape index (κ3) is 5.31. The van der Waals surface area contributed by atoms with Crippen LogP contribution in [0.3, 0.4) is 0 Å². The zero-order valence-electron chi connectivity index (χ0n) is 14.7. The van der Waals surface area contributed by atoms with Crippen molar-refractivity contribution in [1.29, 1.82) is 0 Å². The maximum atomic E-state index is 12.8. The lowest BCUT2D eigenvalue weighted by molar-refractivity contribution is 0.0821. The Morgan fingerprint density at radius 3 is 2.80 bits per heavy atom. The first-order chi connectivity index (χ1) is 12.2. The number of carbonyl (C=O) groups excluding carboxylic acids is 1. The summed E-state index contributed by atoms with van der Waals surface area (Å²) in [6, 6.07) is 12.2. The van der Waals surface area contributed by atoms with Crippen molar-refractivity contribution in [3.8, 4) is 0 Å². The van der Waals surface area contributed by atoms with Crippen molar-refractivity contribution in [2.75, 3.05) is 18.5 Å². The molecule has 134 valence electrons. The Morgan fingerprint density at radius 1 is 1.32 bits per heavy atom. The maximum absolute atomic E-state index is 12.8. The molecule has 0 saturated carbocycles. The molecule has 0 spiro atoms. The number of nitrogens with zero attached hydrogens (tertiary/aromatic N) is 1. The molecule has 3 rings (SSSR count). The summed E-state index contributed by atoms with van der Waals surface area (Å²) in [4.78, 5) is 15.9. The first kappa shape index (κ1) is 18.0. The molecule has 1 N–H and O–H groups in total. The number of aryl methyl sites for hydroxylation is 1. The Kier molecular flexibility index (Phi) is 6.48. The number of rotatable bonds is 7. The lowest BCUT2D eigenvalue weighted by Gasteiger charge is -2.25. The van der Waals surface area contributed by atoms with Crippen molar-refractivity contribution in [3.05, 3.63) is 52.2 Å². The zero-order valence-corrected chi connectivity index (χ0v) is 15.6. The number of ether oxygens (including phenoxy) is 1. The van der Waals surface area contributed by atoms with Crippen molar-refractivity contribution >= 4 is 23.1 Å². The molecule has 4 nitrogen and oxygen atoms in total. The second-order valence-corrected chi connectivity index (χ2v) is 7.50. The van der Waals surface area contributed by atoms with Crippen molar-refractivity contribution in [3.63, 3.8) is 0 Å². The Morgan fingerprint density at radius 2 is 2.16 bits per heavy atom. The first-order valence-electron chi connectivity index (χ1n) is 9.03.